The van der Waals surface area contributed by atoms with Crippen LogP contribution in [0.3, 0.4) is 0 Å². The van der Waals surface area contributed by atoms with E-state index in [1.807, 2.05) is 18.2 Å². The molecule has 0 nitrogen and oxygen atoms in total. The minimum atomic E-state index is -0.446. The summed E-state index contributed by atoms with van der Waals surface area (Å²) in [4.78, 5) is 0.990. The molecule has 137 valence electrons. The molecule has 0 fully saturated rings. The third-order valence-corrected chi connectivity index (χ3v) is 7.09. The second-order valence-corrected chi connectivity index (χ2v) is 8.71. The van der Waals surface area contributed by atoms with Crippen molar-refractivity contribution in [3.8, 4) is 0 Å². The van der Waals surface area contributed by atoms with Gasteiger partial charge in [0.1, 0.15) is 0 Å². The molecular weight excluding hydrogens is 438 g/mol. The molecule has 0 aliphatic heterocycles. The molecule has 27 heavy (non-hydrogen) atoms. The largest absolute Gasteiger partial charge is 0.0622 e. The molecule has 0 saturated heterocycles. The molecule has 4 aromatic carbocycles. The molecule has 0 aliphatic carbocycles. The molecule has 0 N–H and O–H groups in total. The maximum Gasteiger partial charge on any atom is -0.0134 e. The monoisotopic (exact) mass is 459 g/mol. The van der Waals surface area contributed by atoms with Crippen LogP contribution < -0.4 is 15.9 Å². The summed E-state index contributed by atoms with van der Waals surface area (Å²) in [6, 6.07) is 42.6. The Morgan fingerprint density at radius 3 is 1.00 bits per heavy atom. The number of benzene rings is 4. The summed E-state index contributed by atoms with van der Waals surface area (Å²) in [7, 11) is -0.446. The maximum absolute atomic E-state index is 3.12. The molecule has 0 amide bonds. The molecule has 0 saturated carbocycles. The van der Waals surface area contributed by atoms with Crippen LogP contribution in [0.5, 0.6) is 0 Å². The van der Waals surface area contributed by atoms with Gasteiger partial charge in [-0.1, -0.05) is 91.0 Å². The fourth-order valence-corrected chi connectivity index (χ4v) is 5.40. The Morgan fingerprint density at radius 1 is 0.444 bits per heavy atom. The van der Waals surface area contributed by atoms with Gasteiger partial charge in [0.05, 0.1) is 0 Å². The third kappa shape index (κ3) is 5.99. The second-order valence-electron chi connectivity index (χ2n) is 5.94. The number of hydrogen-bond donors (Lipinski definition) is 0. The SMILES string of the molecule is [Pd][CH2]c1ccccc1.c1ccc(P(c2ccccc2)c2ccccc2)cc1. The van der Waals surface area contributed by atoms with Gasteiger partial charge in [-0.2, -0.15) is 0 Å². The van der Waals surface area contributed by atoms with Gasteiger partial charge in [0.2, 0.25) is 0 Å². The molecule has 0 aliphatic rings. The summed E-state index contributed by atoms with van der Waals surface area (Å²) >= 11 is 3.12. The Hall–Kier alpha value is -2.03. The quantitative estimate of drug-likeness (QED) is 0.291. The van der Waals surface area contributed by atoms with Crippen molar-refractivity contribution < 1.29 is 19.2 Å². The Kier molecular flexibility index (Phi) is 8.01. The molecule has 4 rings (SSSR count). The Labute approximate surface area is 174 Å². The molecule has 4 aromatic rings. The van der Waals surface area contributed by atoms with E-state index in [0.29, 0.717) is 0 Å². The van der Waals surface area contributed by atoms with Crippen molar-refractivity contribution in [1.82, 2.24) is 0 Å². The van der Waals surface area contributed by atoms with Crippen LogP contribution in [-0.2, 0) is 24.1 Å². The first-order valence-electron chi connectivity index (χ1n) is 8.89. The van der Waals surface area contributed by atoms with Gasteiger partial charge in [-0.3, -0.25) is 0 Å². The predicted molar refractivity (Wildman–Crippen MR) is 115 cm³/mol. The van der Waals surface area contributed by atoms with E-state index in [4.69, 9.17) is 0 Å². The van der Waals surface area contributed by atoms with Crippen LogP contribution in [0.2, 0.25) is 0 Å². The number of rotatable bonds is 4. The molecule has 0 atom stereocenters. The molecular formula is C25H22PPd. The van der Waals surface area contributed by atoms with Crippen molar-refractivity contribution in [2.45, 2.75) is 4.89 Å². The van der Waals surface area contributed by atoms with Crippen molar-refractivity contribution in [2.75, 3.05) is 0 Å². The van der Waals surface area contributed by atoms with E-state index < -0.39 is 7.92 Å². The number of hydrogen-bond acceptors (Lipinski definition) is 0. The standard InChI is InChI=1S/C18H15P.C7H7.Pd/c1-4-10-16(11-5-1)19(17-12-6-2-7-13-17)18-14-8-3-9-15-18;1-7-5-3-2-4-6-7;/h1-15H;2-6H,1H2;. The van der Waals surface area contributed by atoms with Crippen LogP contribution >= 0.6 is 7.92 Å². The van der Waals surface area contributed by atoms with Gasteiger partial charge >= 0.3 is 60.0 Å². The van der Waals surface area contributed by atoms with E-state index in [0.717, 1.165) is 4.89 Å². The van der Waals surface area contributed by atoms with Gasteiger partial charge < -0.3 is 0 Å². The second kappa shape index (κ2) is 11.0. The molecule has 0 aromatic heterocycles. The van der Waals surface area contributed by atoms with Crippen LogP contribution in [0.1, 0.15) is 5.56 Å². The molecule has 0 heterocycles. The van der Waals surface area contributed by atoms with E-state index in [1.54, 1.807) is 0 Å². The first kappa shape index (κ1) is 19.7. The molecule has 0 radical (unpaired) electrons. The van der Waals surface area contributed by atoms with Gasteiger partial charge in [-0.25, -0.2) is 0 Å². The fraction of sp³-hybridized carbons (Fsp3) is 0.0400. The van der Waals surface area contributed by atoms with Crippen LogP contribution in [-0.4, -0.2) is 0 Å². The van der Waals surface area contributed by atoms with Gasteiger partial charge in [-0.15, -0.1) is 0 Å². The Balaban J connectivity index is 0.000000221. The minimum absolute atomic E-state index is 0.446. The van der Waals surface area contributed by atoms with E-state index in [1.165, 1.54) is 21.5 Å². The van der Waals surface area contributed by atoms with Crippen LogP contribution in [0.15, 0.2) is 121 Å². The summed E-state index contributed by atoms with van der Waals surface area (Å²) in [5.74, 6) is 0. The van der Waals surface area contributed by atoms with Gasteiger partial charge in [0.15, 0.2) is 0 Å². The fourth-order valence-electron chi connectivity index (χ4n) is 2.73. The van der Waals surface area contributed by atoms with E-state index >= 15 is 0 Å². The smallest absolute Gasteiger partial charge is 0.0134 e. The molecule has 0 spiro atoms. The van der Waals surface area contributed by atoms with E-state index in [-0.39, 0.29) is 0 Å². The Bertz CT molecular complexity index is 800. The van der Waals surface area contributed by atoms with Crippen molar-refractivity contribution >= 4 is 23.8 Å². The summed E-state index contributed by atoms with van der Waals surface area (Å²) in [5.41, 5.74) is 1.34. The first-order chi connectivity index (χ1) is 13.4. The zero-order valence-electron chi connectivity index (χ0n) is 15.0. The van der Waals surface area contributed by atoms with Gasteiger partial charge in [-0.05, 0) is 23.8 Å². The van der Waals surface area contributed by atoms with Crippen molar-refractivity contribution in [2.24, 2.45) is 0 Å². The van der Waals surface area contributed by atoms with Crippen LogP contribution in [0.25, 0.3) is 0 Å². The van der Waals surface area contributed by atoms with Gasteiger partial charge in [0, 0.05) is 0 Å². The summed E-state index contributed by atoms with van der Waals surface area (Å²) in [6.07, 6.45) is 0. The average Bonchev–Trinajstić information content (AvgIpc) is 2.77. The maximum atomic E-state index is 3.12. The molecule has 2 heteroatoms. The summed E-state index contributed by atoms with van der Waals surface area (Å²) < 4.78 is 0. The van der Waals surface area contributed by atoms with Crippen molar-refractivity contribution in [1.29, 1.82) is 0 Å². The molecule has 0 unspecified atom stereocenters. The predicted octanol–water partition coefficient (Wildman–Crippen LogP) is 5.18. The summed E-state index contributed by atoms with van der Waals surface area (Å²) in [5, 5.41) is 4.19. The summed E-state index contributed by atoms with van der Waals surface area (Å²) in [6.45, 7) is 0. The van der Waals surface area contributed by atoms with Crippen molar-refractivity contribution in [3.05, 3.63) is 127 Å². The van der Waals surface area contributed by atoms with Crippen molar-refractivity contribution in [3.63, 3.8) is 0 Å². The Morgan fingerprint density at radius 2 is 0.741 bits per heavy atom. The third-order valence-electron chi connectivity index (χ3n) is 4.02. The normalized spacial score (nSPS) is 10.2. The van der Waals surface area contributed by atoms with Gasteiger partial charge in [0.25, 0.3) is 0 Å². The van der Waals surface area contributed by atoms with E-state index in [9.17, 15) is 0 Å². The van der Waals surface area contributed by atoms with Crippen LogP contribution in [0, 0.1) is 0 Å². The van der Waals surface area contributed by atoms with Crippen LogP contribution in [0.4, 0.5) is 0 Å². The zero-order chi connectivity index (χ0) is 18.7. The van der Waals surface area contributed by atoms with E-state index in [2.05, 4.69) is 122 Å². The zero-order valence-corrected chi connectivity index (χ0v) is 17.5. The first-order valence-corrected chi connectivity index (χ1v) is 11.3. The molecule has 0 bridgehead atoms. The minimum Gasteiger partial charge on any atom is -0.0622 e. The topological polar surface area (TPSA) is 0 Å². The average molecular weight is 460 g/mol.